The number of ether oxygens (including phenoxy) is 1. The van der Waals surface area contributed by atoms with Gasteiger partial charge in [0, 0.05) is 24.1 Å². The van der Waals surface area contributed by atoms with Crippen molar-refractivity contribution in [3.05, 3.63) is 40.2 Å². The summed E-state index contributed by atoms with van der Waals surface area (Å²) in [7, 11) is 3.72. The SMILES string of the molecule is CNCc1sc(C(OC)C(C)C)nc1-c1ccccc1. The Hall–Kier alpha value is -1.23. The zero-order chi connectivity index (χ0) is 14.5. The van der Waals surface area contributed by atoms with E-state index in [2.05, 4.69) is 31.3 Å². The zero-order valence-electron chi connectivity index (χ0n) is 12.5. The summed E-state index contributed by atoms with van der Waals surface area (Å²) in [5.74, 6) is 0.414. The molecule has 0 saturated heterocycles. The van der Waals surface area contributed by atoms with Crippen LogP contribution in [0.5, 0.6) is 0 Å². The highest BCUT2D eigenvalue weighted by Crippen LogP contribution is 2.35. The third kappa shape index (κ3) is 3.26. The van der Waals surface area contributed by atoms with Gasteiger partial charge < -0.3 is 10.1 Å². The van der Waals surface area contributed by atoms with Crippen molar-refractivity contribution < 1.29 is 4.74 Å². The number of methoxy groups -OCH3 is 1. The zero-order valence-corrected chi connectivity index (χ0v) is 13.3. The first-order valence-corrected chi connectivity index (χ1v) is 7.71. The molecule has 0 radical (unpaired) electrons. The van der Waals surface area contributed by atoms with E-state index in [0.717, 1.165) is 17.2 Å². The normalized spacial score (nSPS) is 12.8. The Balaban J connectivity index is 2.43. The summed E-state index contributed by atoms with van der Waals surface area (Å²) < 4.78 is 5.61. The molecule has 1 aromatic carbocycles. The van der Waals surface area contributed by atoms with Crippen LogP contribution in [-0.4, -0.2) is 19.1 Å². The number of nitrogens with one attached hydrogen (secondary N) is 1. The average Bonchev–Trinajstić information content (AvgIpc) is 2.84. The summed E-state index contributed by atoms with van der Waals surface area (Å²) in [5.41, 5.74) is 2.24. The molecule has 0 amide bonds. The Bertz CT molecular complexity index is 537. The van der Waals surface area contributed by atoms with E-state index >= 15 is 0 Å². The Labute approximate surface area is 125 Å². The topological polar surface area (TPSA) is 34.1 Å². The summed E-state index contributed by atoms with van der Waals surface area (Å²) in [6.07, 6.45) is 0.0630. The van der Waals surface area contributed by atoms with Gasteiger partial charge in [-0.2, -0.15) is 0 Å². The number of rotatable bonds is 6. The van der Waals surface area contributed by atoms with E-state index in [4.69, 9.17) is 9.72 Å². The van der Waals surface area contributed by atoms with Gasteiger partial charge in [-0.25, -0.2) is 4.98 Å². The molecule has 0 aliphatic carbocycles. The minimum atomic E-state index is 0.0630. The summed E-state index contributed by atoms with van der Waals surface area (Å²) in [5, 5.41) is 4.28. The largest absolute Gasteiger partial charge is 0.374 e. The van der Waals surface area contributed by atoms with Crippen LogP contribution in [-0.2, 0) is 11.3 Å². The van der Waals surface area contributed by atoms with Gasteiger partial charge in [-0.3, -0.25) is 0 Å². The van der Waals surface area contributed by atoms with Gasteiger partial charge >= 0.3 is 0 Å². The van der Waals surface area contributed by atoms with E-state index in [0.29, 0.717) is 5.92 Å². The molecule has 0 bridgehead atoms. The van der Waals surface area contributed by atoms with Gasteiger partial charge in [0.15, 0.2) is 0 Å². The standard InChI is InChI=1S/C16H22N2OS/c1-11(2)15(19-4)16-18-14(13(20-16)10-17-3)12-8-6-5-7-9-12/h5-9,11,15,17H,10H2,1-4H3. The van der Waals surface area contributed by atoms with Crippen molar-refractivity contribution in [1.29, 1.82) is 0 Å². The Morgan fingerprint density at radius 2 is 1.95 bits per heavy atom. The van der Waals surface area contributed by atoms with Crippen LogP contribution in [0.2, 0.25) is 0 Å². The fourth-order valence-electron chi connectivity index (χ4n) is 2.25. The molecule has 3 nitrogen and oxygen atoms in total. The van der Waals surface area contributed by atoms with Crippen molar-refractivity contribution in [2.45, 2.75) is 26.5 Å². The van der Waals surface area contributed by atoms with E-state index < -0.39 is 0 Å². The minimum absolute atomic E-state index is 0.0630. The molecule has 0 aliphatic rings. The number of nitrogens with zero attached hydrogens (tertiary/aromatic N) is 1. The van der Waals surface area contributed by atoms with Gasteiger partial charge in [0.05, 0.1) is 5.69 Å². The average molecular weight is 290 g/mol. The molecule has 0 fully saturated rings. The van der Waals surface area contributed by atoms with Crippen LogP contribution < -0.4 is 5.32 Å². The van der Waals surface area contributed by atoms with E-state index in [1.807, 2.05) is 25.2 Å². The van der Waals surface area contributed by atoms with E-state index in [1.54, 1.807) is 18.4 Å². The highest BCUT2D eigenvalue weighted by atomic mass is 32.1. The Morgan fingerprint density at radius 1 is 1.25 bits per heavy atom. The molecule has 1 heterocycles. The van der Waals surface area contributed by atoms with E-state index in [9.17, 15) is 0 Å². The summed E-state index contributed by atoms with van der Waals surface area (Å²) >= 11 is 1.74. The van der Waals surface area contributed by atoms with Crippen LogP contribution in [0.4, 0.5) is 0 Å². The fourth-order valence-corrected chi connectivity index (χ4v) is 3.60. The first-order chi connectivity index (χ1) is 9.67. The van der Waals surface area contributed by atoms with Gasteiger partial charge in [-0.1, -0.05) is 44.2 Å². The molecule has 4 heteroatoms. The molecule has 1 N–H and O–H groups in total. The lowest BCUT2D eigenvalue weighted by atomic mass is 10.1. The van der Waals surface area contributed by atoms with E-state index in [1.165, 1.54) is 10.4 Å². The lowest BCUT2D eigenvalue weighted by molar-refractivity contribution is 0.0645. The quantitative estimate of drug-likeness (QED) is 0.877. The van der Waals surface area contributed by atoms with Crippen molar-refractivity contribution in [2.75, 3.05) is 14.2 Å². The monoisotopic (exact) mass is 290 g/mol. The van der Waals surface area contributed by atoms with Crippen LogP contribution in [0.15, 0.2) is 30.3 Å². The second-order valence-corrected chi connectivity index (χ2v) is 6.24. The van der Waals surface area contributed by atoms with Gasteiger partial charge in [-0.05, 0) is 13.0 Å². The molecule has 108 valence electrons. The summed E-state index contributed by atoms with van der Waals surface area (Å²) in [6, 6.07) is 10.3. The fraction of sp³-hybridized carbons (Fsp3) is 0.438. The third-order valence-corrected chi connectivity index (χ3v) is 4.32. The molecule has 20 heavy (non-hydrogen) atoms. The number of hydrogen-bond donors (Lipinski definition) is 1. The number of hydrogen-bond acceptors (Lipinski definition) is 4. The van der Waals surface area contributed by atoms with Gasteiger partial charge in [0.2, 0.25) is 0 Å². The predicted molar refractivity (Wildman–Crippen MR) is 84.9 cm³/mol. The maximum atomic E-state index is 5.61. The van der Waals surface area contributed by atoms with Crippen molar-refractivity contribution in [3.8, 4) is 11.3 Å². The molecule has 1 aromatic heterocycles. The maximum Gasteiger partial charge on any atom is 0.123 e. The smallest absolute Gasteiger partial charge is 0.123 e. The summed E-state index contributed by atoms with van der Waals surface area (Å²) in [6.45, 7) is 5.15. The maximum absolute atomic E-state index is 5.61. The molecule has 2 aromatic rings. The number of aromatic nitrogens is 1. The van der Waals surface area contributed by atoms with Crippen molar-refractivity contribution in [1.82, 2.24) is 10.3 Å². The number of thiazole rings is 1. The van der Waals surface area contributed by atoms with Crippen molar-refractivity contribution in [3.63, 3.8) is 0 Å². The van der Waals surface area contributed by atoms with Crippen molar-refractivity contribution in [2.24, 2.45) is 5.92 Å². The van der Waals surface area contributed by atoms with Crippen LogP contribution >= 0.6 is 11.3 Å². The van der Waals surface area contributed by atoms with Crippen LogP contribution in [0, 0.1) is 5.92 Å². The second-order valence-electron chi connectivity index (χ2n) is 5.12. The summed E-state index contributed by atoms with van der Waals surface area (Å²) in [4.78, 5) is 6.11. The lowest BCUT2D eigenvalue weighted by Gasteiger charge is -2.16. The van der Waals surface area contributed by atoms with Crippen LogP contribution in [0.25, 0.3) is 11.3 Å². The highest BCUT2D eigenvalue weighted by molar-refractivity contribution is 7.12. The molecule has 0 aliphatic heterocycles. The first-order valence-electron chi connectivity index (χ1n) is 6.89. The molecule has 0 spiro atoms. The number of benzene rings is 1. The van der Waals surface area contributed by atoms with Gasteiger partial charge in [0.25, 0.3) is 0 Å². The third-order valence-electron chi connectivity index (χ3n) is 3.20. The molecule has 2 rings (SSSR count). The second kappa shape index (κ2) is 6.97. The van der Waals surface area contributed by atoms with Crippen LogP contribution in [0.3, 0.4) is 0 Å². The highest BCUT2D eigenvalue weighted by Gasteiger charge is 2.22. The van der Waals surface area contributed by atoms with Crippen LogP contribution in [0.1, 0.15) is 29.8 Å². The Kier molecular flexibility index (Phi) is 5.29. The van der Waals surface area contributed by atoms with E-state index in [-0.39, 0.29) is 6.10 Å². The first kappa shape index (κ1) is 15.2. The lowest BCUT2D eigenvalue weighted by Crippen LogP contribution is -2.08. The van der Waals surface area contributed by atoms with Gasteiger partial charge in [-0.15, -0.1) is 11.3 Å². The minimum Gasteiger partial charge on any atom is -0.374 e. The molecule has 1 unspecified atom stereocenters. The van der Waals surface area contributed by atoms with Gasteiger partial charge in [0.1, 0.15) is 11.1 Å². The van der Waals surface area contributed by atoms with Crippen molar-refractivity contribution >= 4 is 11.3 Å². The molecule has 0 saturated carbocycles. The molecule has 1 atom stereocenters. The Morgan fingerprint density at radius 3 is 2.50 bits per heavy atom. The molecular weight excluding hydrogens is 268 g/mol. The molecular formula is C16H22N2OS. The predicted octanol–water partition coefficient (Wildman–Crippen LogP) is 3.87.